The zero-order valence-electron chi connectivity index (χ0n) is 21.7. The van der Waals surface area contributed by atoms with E-state index in [2.05, 4.69) is 29.2 Å². The third-order valence-corrected chi connectivity index (χ3v) is 11.3. The molecule has 7 nitrogen and oxygen atoms in total. The molecule has 1 atom stereocenters. The number of phenols is 1. The van der Waals surface area contributed by atoms with E-state index in [-0.39, 0.29) is 16.4 Å². The summed E-state index contributed by atoms with van der Waals surface area (Å²) in [6.07, 6.45) is 6.82. The molecular weight excluding hydrogens is 508 g/mol. The Kier molecular flexibility index (Phi) is 9.32. The van der Waals surface area contributed by atoms with Gasteiger partial charge < -0.3 is 10.0 Å². The SMILES string of the molecule is CS(=O)(=O)N1CCC([C@@H](CCN2CCC(CCS(=O)(=O)c3ccc(O)cc3)CC2)c2ccccc2)CC1. The molecule has 2 aliphatic rings. The average molecular weight is 549 g/mol. The predicted molar refractivity (Wildman–Crippen MR) is 147 cm³/mol. The highest BCUT2D eigenvalue weighted by Gasteiger charge is 2.31. The topological polar surface area (TPSA) is 95.0 Å². The van der Waals surface area contributed by atoms with Crippen LogP contribution in [0.2, 0.25) is 0 Å². The Balaban J connectivity index is 1.27. The molecule has 9 heteroatoms. The number of likely N-dealkylation sites (tertiary alicyclic amines) is 1. The Labute approximate surface area is 222 Å². The lowest BCUT2D eigenvalue weighted by Crippen LogP contribution is -2.40. The van der Waals surface area contributed by atoms with Gasteiger partial charge >= 0.3 is 0 Å². The van der Waals surface area contributed by atoms with Gasteiger partial charge in [0.25, 0.3) is 0 Å². The van der Waals surface area contributed by atoms with Gasteiger partial charge in [0.05, 0.1) is 16.9 Å². The maximum atomic E-state index is 12.7. The molecule has 0 aromatic heterocycles. The molecule has 2 aliphatic heterocycles. The van der Waals surface area contributed by atoms with Crippen LogP contribution in [0.1, 0.15) is 50.0 Å². The highest BCUT2D eigenvalue weighted by Crippen LogP contribution is 2.36. The normalized spacial score (nSPS) is 20.1. The second kappa shape index (κ2) is 12.3. The van der Waals surface area contributed by atoms with Crippen LogP contribution in [0, 0.1) is 11.8 Å². The lowest BCUT2D eigenvalue weighted by atomic mass is 9.78. The van der Waals surface area contributed by atoms with E-state index in [1.54, 1.807) is 4.31 Å². The van der Waals surface area contributed by atoms with Crippen LogP contribution >= 0.6 is 0 Å². The van der Waals surface area contributed by atoms with Crippen LogP contribution in [0.4, 0.5) is 0 Å². The van der Waals surface area contributed by atoms with Gasteiger partial charge in [-0.15, -0.1) is 0 Å². The van der Waals surface area contributed by atoms with Crippen LogP contribution < -0.4 is 0 Å². The Morgan fingerprint density at radius 3 is 2.08 bits per heavy atom. The number of rotatable bonds is 10. The van der Waals surface area contributed by atoms with E-state index in [0.29, 0.717) is 37.3 Å². The molecule has 2 saturated heterocycles. The summed E-state index contributed by atoms with van der Waals surface area (Å²) in [5.74, 6) is 1.51. The van der Waals surface area contributed by atoms with Crippen LogP contribution in [-0.2, 0) is 19.9 Å². The van der Waals surface area contributed by atoms with Gasteiger partial charge in [-0.25, -0.2) is 21.1 Å². The first-order chi connectivity index (χ1) is 17.6. The molecule has 2 aromatic rings. The van der Waals surface area contributed by atoms with Crippen molar-refractivity contribution >= 4 is 19.9 Å². The van der Waals surface area contributed by atoms with Crippen molar-refractivity contribution in [2.75, 3.05) is 44.7 Å². The third-order valence-electron chi connectivity index (χ3n) is 8.22. The number of phenolic OH excluding ortho intramolecular Hbond substituents is 1. The zero-order valence-corrected chi connectivity index (χ0v) is 23.3. The molecule has 0 amide bonds. The smallest absolute Gasteiger partial charge is 0.211 e. The van der Waals surface area contributed by atoms with Crippen LogP contribution in [-0.4, -0.2) is 75.9 Å². The van der Waals surface area contributed by atoms with Gasteiger partial charge in [-0.1, -0.05) is 30.3 Å². The van der Waals surface area contributed by atoms with Crippen molar-refractivity contribution in [2.45, 2.75) is 49.3 Å². The molecule has 1 N–H and O–H groups in total. The Bertz CT molecular complexity index is 1200. The number of sulfonamides is 1. The summed E-state index contributed by atoms with van der Waals surface area (Å²) in [4.78, 5) is 2.78. The Morgan fingerprint density at radius 2 is 1.49 bits per heavy atom. The van der Waals surface area contributed by atoms with E-state index < -0.39 is 19.9 Å². The van der Waals surface area contributed by atoms with E-state index in [9.17, 15) is 21.9 Å². The second-order valence-corrected chi connectivity index (χ2v) is 14.8. The summed E-state index contributed by atoms with van der Waals surface area (Å²) in [5.41, 5.74) is 1.34. The molecule has 0 bridgehead atoms. The monoisotopic (exact) mass is 548 g/mol. The number of hydrogen-bond acceptors (Lipinski definition) is 6. The summed E-state index contributed by atoms with van der Waals surface area (Å²) in [6.45, 7) is 4.18. The number of benzene rings is 2. The fraction of sp³-hybridized carbons (Fsp3) is 0.571. The van der Waals surface area contributed by atoms with Gasteiger partial charge in [-0.05, 0) is 106 Å². The molecule has 0 saturated carbocycles. The first kappa shape index (κ1) is 28.1. The number of sulfone groups is 1. The summed E-state index contributed by atoms with van der Waals surface area (Å²) < 4.78 is 50.8. The molecule has 4 rings (SSSR count). The van der Waals surface area contributed by atoms with E-state index in [4.69, 9.17) is 0 Å². The number of hydrogen-bond donors (Lipinski definition) is 1. The number of aromatic hydroxyl groups is 1. The maximum absolute atomic E-state index is 12.7. The summed E-state index contributed by atoms with van der Waals surface area (Å²) >= 11 is 0. The van der Waals surface area contributed by atoms with Gasteiger partial charge in [-0.3, -0.25) is 0 Å². The van der Waals surface area contributed by atoms with Crippen molar-refractivity contribution in [1.82, 2.24) is 9.21 Å². The molecule has 0 spiro atoms. The minimum atomic E-state index is -3.33. The number of piperidine rings is 2. The summed E-state index contributed by atoms with van der Waals surface area (Å²) in [6, 6.07) is 16.4. The minimum absolute atomic E-state index is 0.0696. The molecule has 37 heavy (non-hydrogen) atoms. The minimum Gasteiger partial charge on any atom is -0.508 e. The molecule has 0 aliphatic carbocycles. The average Bonchev–Trinajstić information content (AvgIpc) is 2.89. The lowest BCUT2D eigenvalue weighted by Gasteiger charge is -2.37. The highest BCUT2D eigenvalue weighted by molar-refractivity contribution is 7.91. The van der Waals surface area contributed by atoms with Crippen LogP contribution in [0.3, 0.4) is 0 Å². The second-order valence-electron chi connectivity index (χ2n) is 10.7. The Hall–Kier alpha value is -1.94. The highest BCUT2D eigenvalue weighted by atomic mass is 32.2. The van der Waals surface area contributed by atoms with Crippen molar-refractivity contribution < 1.29 is 21.9 Å². The molecule has 2 fully saturated rings. The molecule has 2 aromatic carbocycles. The quantitative estimate of drug-likeness (QED) is 0.480. The summed E-state index contributed by atoms with van der Waals surface area (Å²) in [7, 11) is -6.46. The lowest BCUT2D eigenvalue weighted by molar-refractivity contribution is 0.164. The third kappa shape index (κ3) is 7.78. The molecule has 204 valence electrons. The van der Waals surface area contributed by atoms with E-state index in [1.807, 2.05) is 6.07 Å². The van der Waals surface area contributed by atoms with Crippen LogP contribution in [0.5, 0.6) is 5.75 Å². The molecule has 2 heterocycles. The van der Waals surface area contributed by atoms with E-state index >= 15 is 0 Å². The van der Waals surface area contributed by atoms with Crippen LogP contribution in [0.25, 0.3) is 0 Å². The largest absolute Gasteiger partial charge is 0.508 e. The maximum Gasteiger partial charge on any atom is 0.211 e. The predicted octanol–water partition coefficient (Wildman–Crippen LogP) is 4.11. The molecule has 0 radical (unpaired) electrons. The van der Waals surface area contributed by atoms with Gasteiger partial charge in [0, 0.05) is 13.1 Å². The van der Waals surface area contributed by atoms with Crippen molar-refractivity contribution in [2.24, 2.45) is 11.8 Å². The van der Waals surface area contributed by atoms with E-state index in [0.717, 1.165) is 51.7 Å². The Morgan fingerprint density at radius 1 is 0.865 bits per heavy atom. The standard InChI is InChI=1S/C28H40N2O5S2/c1-36(32,33)30-20-13-25(14-21-30)28(24-5-3-2-4-6-24)15-19-29-17-11-23(12-18-29)16-22-37(34,35)27-9-7-26(31)8-10-27/h2-10,23,25,28,31H,11-22H2,1H3/t28-/m0/s1. The fourth-order valence-electron chi connectivity index (χ4n) is 5.90. The van der Waals surface area contributed by atoms with Gasteiger partial charge in [0.2, 0.25) is 10.0 Å². The van der Waals surface area contributed by atoms with Gasteiger partial charge in [0.1, 0.15) is 5.75 Å². The summed E-state index contributed by atoms with van der Waals surface area (Å²) in [5, 5.41) is 9.41. The van der Waals surface area contributed by atoms with Crippen molar-refractivity contribution in [3.8, 4) is 5.75 Å². The van der Waals surface area contributed by atoms with Crippen molar-refractivity contribution in [1.29, 1.82) is 0 Å². The van der Waals surface area contributed by atoms with E-state index in [1.165, 1.54) is 36.1 Å². The van der Waals surface area contributed by atoms with Crippen molar-refractivity contribution in [3.63, 3.8) is 0 Å². The van der Waals surface area contributed by atoms with Crippen LogP contribution in [0.15, 0.2) is 59.5 Å². The molecule has 0 unspecified atom stereocenters. The first-order valence-corrected chi connectivity index (χ1v) is 16.9. The van der Waals surface area contributed by atoms with Gasteiger partial charge in [-0.2, -0.15) is 0 Å². The zero-order chi connectivity index (χ0) is 26.5. The van der Waals surface area contributed by atoms with Crippen molar-refractivity contribution in [3.05, 3.63) is 60.2 Å². The molecular formula is C28H40N2O5S2. The first-order valence-electron chi connectivity index (χ1n) is 13.4. The van der Waals surface area contributed by atoms with Gasteiger partial charge in [0.15, 0.2) is 9.84 Å². The number of nitrogens with zero attached hydrogens (tertiary/aromatic N) is 2. The fourth-order valence-corrected chi connectivity index (χ4v) is 8.20.